The highest BCUT2D eigenvalue weighted by atomic mass is 16.5. The molecule has 1 aromatic carbocycles. The summed E-state index contributed by atoms with van der Waals surface area (Å²) in [5.74, 6) is -0.704. The van der Waals surface area contributed by atoms with Crippen molar-refractivity contribution < 1.29 is 14.3 Å². The molecule has 0 saturated carbocycles. The number of pyridine rings is 1. The number of anilines is 1. The van der Waals surface area contributed by atoms with Crippen LogP contribution in [0.15, 0.2) is 42.6 Å². The van der Waals surface area contributed by atoms with Crippen LogP contribution in [0.3, 0.4) is 0 Å². The first-order chi connectivity index (χ1) is 12.1. The number of carbonyl (C=O) groups excluding carboxylic acids is 2. The summed E-state index contributed by atoms with van der Waals surface area (Å²) in [6, 6.07) is 11.5. The van der Waals surface area contributed by atoms with E-state index in [1.54, 1.807) is 31.4 Å². The molecule has 0 aliphatic rings. The molecule has 0 saturated heterocycles. The summed E-state index contributed by atoms with van der Waals surface area (Å²) in [6.45, 7) is 1.02. The van der Waals surface area contributed by atoms with Gasteiger partial charge in [-0.1, -0.05) is 0 Å². The third-order valence-corrected chi connectivity index (χ3v) is 3.34. The van der Waals surface area contributed by atoms with Gasteiger partial charge in [-0.25, -0.2) is 0 Å². The smallest absolute Gasteiger partial charge is 0.269 e. The molecule has 0 unspecified atom stereocenters. The average molecular weight is 338 g/mol. The van der Waals surface area contributed by atoms with Gasteiger partial charge in [0.25, 0.3) is 11.8 Å². The van der Waals surface area contributed by atoms with E-state index >= 15 is 0 Å². The van der Waals surface area contributed by atoms with E-state index in [0.717, 1.165) is 0 Å². The number of carbonyl (C=O) groups is 2. The number of nitrogens with zero attached hydrogens (tertiary/aromatic N) is 2. The fourth-order valence-corrected chi connectivity index (χ4v) is 2.04. The monoisotopic (exact) mass is 338 g/mol. The Morgan fingerprint density at radius 3 is 2.64 bits per heavy atom. The number of nitriles is 1. The quantitative estimate of drug-likeness (QED) is 0.751. The van der Waals surface area contributed by atoms with Gasteiger partial charge in [-0.2, -0.15) is 5.26 Å². The molecule has 2 N–H and O–H groups in total. The van der Waals surface area contributed by atoms with E-state index in [1.165, 1.54) is 18.3 Å². The molecule has 25 heavy (non-hydrogen) atoms. The summed E-state index contributed by atoms with van der Waals surface area (Å²) in [5, 5.41) is 14.2. The van der Waals surface area contributed by atoms with Gasteiger partial charge in [0.05, 0.1) is 11.6 Å². The van der Waals surface area contributed by atoms with Gasteiger partial charge in [-0.05, 0) is 42.8 Å². The summed E-state index contributed by atoms with van der Waals surface area (Å²) >= 11 is 0. The number of benzene rings is 1. The van der Waals surface area contributed by atoms with Crippen LogP contribution in [0.2, 0.25) is 0 Å². The third kappa shape index (κ3) is 5.41. The van der Waals surface area contributed by atoms with E-state index < -0.39 is 0 Å². The van der Waals surface area contributed by atoms with Crippen LogP contribution in [0, 0.1) is 11.3 Å². The Kier molecular flexibility index (Phi) is 6.63. The SMILES string of the molecule is COCCCNC(=O)c1cc(C(=O)Nc2ccc(C#N)cc2)ccn1. The zero-order valence-corrected chi connectivity index (χ0v) is 13.8. The fourth-order valence-electron chi connectivity index (χ4n) is 2.04. The Balaban J connectivity index is 2.00. The van der Waals surface area contributed by atoms with Crippen LogP contribution in [0.5, 0.6) is 0 Å². The van der Waals surface area contributed by atoms with Crippen molar-refractivity contribution in [3.05, 3.63) is 59.4 Å². The van der Waals surface area contributed by atoms with Crippen molar-refractivity contribution in [2.45, 2.75) is 6.42 Å². The molecule has 2 rings (SSSR count). The molecule has 0 atom stereocenters. The zero-order chi connectivity index (χ0) is 18.1. The van der Waals surface area contributed by atoms with Gasteiger partial charge in [-0.3, -0.25) is 14.6 Å². The van der Waals surface area contributed by atoms with E-state index in [1.807, 2.05) is 6.07 Å². The summed E-state index contributed by atoms with van der Waals surface area (Å²) in [4.78, 5) is 28.3. The second kappa shape index (κ2) is 9.15. The minimum absolute atomic E-state index is 0.171. The maximum absolute atomic E-state index is 12.3. The van der Waals surface area contributed by atoms with Crippen LogP contribution in [-0.2, 0) is 4.74 Å². The topological polar surface area (TPSA) is 104 Å². The van der Waals surface area contributed by atoms with Crippen molar-refractivity contribution in [1.29, 1.82) is 5.26 Å². The van der Waals surface area contributed by atoms with Gasteiger partial charge in [0, 0.05) is 37.7 Å². The van der Waals surface area contributed by atoms with E-state index in [2.05, 4.69) is 15.6 Å². The lowest BCUT2D eigenvalue weighted by Gasteiger charge is -2.07. The first-order valence-corrected chi connectivity index (χ1v) is 7.68. The molecule has 1 aromatic heterocycles. The largest absolute Gasteiger partial charge is 0.385 e. The summed E-state index contributed by atoms with van der Waals surface area (Å²) in [7, 11) is 1.60. The van der Waals surface area contributed by atoms with Gasteiger partial charge in [0.2, 0.25) is 0 Å². The van der Waals surface area contributed by atoms with Crippen molar-refractivity contribution in [1.82, 2.24) is 10.3 Å². The number of aromatic nitrogens is 1. The Hall–Kier alpha value is -3.24. The summed E-state index contributed by atoms with van der Waals surface area (Å²) in [5.41, 5.74) is 1.56. The van der Waals surface area contributed by atoms with E-state index in [0.29, 0.717) is 36.4 Å². The Labute approximate surface area is 145 Å². The second-order valence-corrected chi connectivity index (χ2v) is 5.18. The molecular formula is C18H18N4O3. The fraction of sp³-hybridized carbons (Fsp3) is 0.222. The minimum atomic E-state index is -0.361. The standard InChI is InChI=1S/C18H18N4O3/c1-25-10-2-8-21-18(24)16-11-14(7-9-20-16)17(23)22-15-5-3-13(12-19)4-6-15/h3-7,9,11H,2,8,10H2,1H3,(H,21,24)(H,22,23). The number of hydrogen-bond donors (Lipinski definition) is 2. The van der Waals surface area contributed by atoms with Crippen LogP contribution >= 0.6 is 0 Å². The number of rotatable bonds is 7. The van der Waals surface area contributed by atoms with Crippen molar-refractivity contribution in [3.8, 4) is 6.07 Å². The predicted molar refractivity (Wildman–Crippen MR) is 92.2 cm³/mol. The van der Waals surface area contributed by atoms with E-state index in [4.69, 9.17) is 10.00 Å². The highest BCUT2D eigenvalue weighted by Crippen LogP contribution is 2.11. The maximum atomic E-state index is 12.3. The van der Waals surface area contributed by atoms with Gasteiger partial charge >= 0.3 is 0 Å². The molecule has 0 fully saturated rings. The Morgan fingerprint density at radius 2 is 1.96 bits per heavy atom. The molecule has 0 aliphatic heterocycles. The van der Waals surface area contributed by atoms with Gasteiger partial charge in [0.1, 0.15) is 5.69 Å². The number of ether oxygens (including phenoxy) is 1. The molecule has 7 nitrogen and oxygen atoms in total. The first kappa shape index (κ1) is 18.1. The normalized spacial score (nSPS) is 9.92. The molecule has 0 spiro atoms. The van der Waals surface area contributed by atoms with Crippen molar-refractivity contribution in [3.63, 3.8) is 0 Å². The van der Waals surface area contributed by atoms with Crippen molar-refractivity contribution in [2.75, 3.05) is 25.6 Å². The molecular weight excluding hydrogens is 320 g/mol. The molecule has 128 valence electrons. The lowest BCUT2D eigenvalue weighted by atomic mass is 10.2. The molecule has 1 heterocycles. The van der Waals surface area contributed by atoms with Crippen LogP contribution in [0.4, 0.5) is 5.69 Å². The third-order valence-electron chi connectivity index (χ3n) is 3.34. The molecule has 2 amide bonds. The highest BCUT2D eigenvalue weighted by Gasteiger charge is 2.12. The predicted octanol–water partition coefficient (Wildman–Crippen LogP) is 1.97. The van der Waals surface area contributed by atoms with Crippen molar-refractivity contribution in [2.24, 2.45) is 0 Å². The molecule has 0 aliphatic carbocycles. The molecule has 0 radical (unpaired) electrons. The van der Waals surface area contributed by atoms with Crippen LogP contribution in [0.1, 0.15) is 32.8 Å². The maximum Gasteiger partial charge on any atom is 0.269 e. The number of nitrogens with one attached hydrogen (secondary N) is 2. The van der Waals surface area contributed by atoms with E-state index in [-0.39, 0.29) is 17.5 Å². The lowest BCUT2D eigenvalue weighted by molar-refractivity contribution is 0.0943. The van der Waals surface area contributed by atoms with Crippen LogP contribution in [0.25, 0.3) is 0 Å². The van der Waals surface area contributed by atoms with Crippen molar-refractivity contribution >= 4 is 17.5 Å². The van der Waals surface area contributed by atoms with Gasteiger partial charge in [0.15, 0.2) is 0 Å². The Bertz CT molecular complexity index is 782. The molecule has 7 heteroatoms. The lowest BCUT2D eigenvalue weighted by Crippen LogP contribution is -2.26. The number of amides is 2. The first-order valence-electron chi connectivity index (χ1n) is 7.68. The van der Waals surface area contributed by atoms with Gasteiger partial charge < -0.3 is 15.4 Å². The molecule has 2 aromatic rings. The summed E-state index contributed by atoms with van der Waals surface area (Å²) in [6.07, 6.45) is 2.11. The minimum Gasteiger partial charge on any atom is -0.385 e. The number of methoxy groups -OCH3 is 1. The molecule has 0 bridgehead atoms. The van der Waals surface area contributed by atoms with Crippen LogP contribution in [-0.4, -0.2) is 37.1 Å². The number of hydrogen-bond acceptors (Lipinski definition) is 5. The van der Waals surface area contributed by atoms with E-state index in [9.17, 15) is 9.59 Å². The van der Waals surface area contributed by atoms with Gasteiger partial charge in [-0.15, -0.1) is 0 Å². The zero-order valence-electron chi connectivity index (χ0n) is 13.8. The highest BCUT2D eigenvalue weighted by molar-refractivity contribution is 6.05. The Morgan fingerprint density at radius 1 is 1.20 bits per heavy atom. The van der Waals surface area contributed by atoms with Crippen LogP contribution < -0.4 is 10.6 Å². The second-order valence-electron chi connectivity index (χ2n) is 5.18. The summed E-state index contributed by atoms with van der Waals surface area (Å²) < 4.78 is 4.91. The average Bonchev–Trinajstić information content (AvgIpc) is 2.65.